The van der Waals surface area contributed by atoms with Crippen LogP contribution >= 0.6 is 0 Å². The lowest BCUT2D eigenvalue weighted by molar-refractivity contribution is -0.153. The third kappa shape index (κ3) is 5.58. The van der Waals surface area contributed by atoms with E-state index in [4.69, 9.17) is 4.42 Å². The molecule has 0 aliphatic carbocycles. The highest BCUT2D eigenvalue weighted by molar-refractivity contribution is 5.27. The molecule has 0 fully saturated rings. The standard InChI is InChI=1S/C17H20F3NO3/c1-12-3-8-15(24-12)16(2,22)10-21-9-13-4-6-14(7-5-13)23-11-17(18,19)20/h3-8,21-22H,9-11H2,1-2H3. The maximum absolute atomic E-state index is 12.1. The predicted molar refractivity (Wildman–Crippen MR) is 82.7 cm³/mol. The number of alkyl halides is 3. The Hall–Kier alpha value is -1.99. The zero-order valence-corrected chi connectivity index (χ0v) is 13.5. The van der Waals surface area contributed by atoms with Crippen LogP contribution in [0.2, 0.25) is 0 Å². The van der Waals surface area contributed by atoms with Gasteiger partial charge in [-0.25, -0.2) is 0 Å². The molecule has 24 heavy (non-hydrogen) atoms. The Morgan fingerprint density at radius 3 is 2.33 bits per heavy atom. The molecule has 0 saturated heterocycles. The SMILES string of the molecule is Cc1ccc(C(C)(O)CNCc2ccc(OCC(F)(F)F)cc2)o1. The van der Waals surface area contributed by atoms with Crippen molar-refractivity contribution in [1.29, 1.82) is 0 Å². The number of nitrogens with one attached hydrogen (secondary N) is 1. The summed E-state index contributed by atoms with van der Waals surface area (Å²) in [5, 5.41) is 13.5. The first-order valence-corrected chi connectivity index (χ1v) is 7.44. The number of aryl methyl sites for hydroxylation is 1. The van der Waals surface area contributed by atoms with Crippen LogP contribution < -0.4 is 10.1 Å². The highest BCUT2D eigenvalue weighted by Gasteiger charge is 2.28. The van der Waals surface area contributed by atoms with E-state index in [-0.39, 0.29) is 12.3 Å². The molecular formula is C17H20F3NO3. The summed E-state index contributed by atoms with van der Waals surface area (Å²) in [7, 11) is 0. The van der Waals surface area contributed by atoms with Crippen LogP contribution in [0, 0.1) is 6.92 Å². The molecule has 2 N–H and O–H groups in total. The molecule has 2 aromatic rings. The Kier molecular flexibility index (Phi) is 5.56. The molecule has 0 saturated carbocycles. The van der Waals surface area contributed by atoms with Gasteiger partial charge in [-0.15, -0.1) is 0 Å². The van der Waals surface area contributed by atoms with Crippen LogP contribution in [0.15, 0.2) is 40.8 Å². The van der Waals surface area contributed by atoms with Gasteiger partial charge in [0.2, 0.25) is 0 Å². The Morgan fingerprint density at radius 1 is 1.12 bits per heavy atom. The van der Waals surface area contributed by atoms with E-state index in [1.54, 1.807) is 38.1 Å². The molecule has 0 aliphatic rings. The van der Waals surface area contributed by atoms with Gasteiger partial charge in [-0.3, -0.25) is 0 Å². The van der Waals surface area contributed by atoms with Crippen LogP contribution in [0.4, 0.5) is 13.2 Å². The van der Waals surface area contributed by atoms with Crippen molar-refractivity contribution in [3.63, 3.8) is 0 Å². The number of aliphatic hydroxyl groups is 1. The Labute approximate surface area is 138 Å². The molecule has 1 atom stereocenters. The molecule has 0 aliphatic heterocycles. The average Bonchev–Trinajstić information content (AvgIpc) is 2.93. The predicted octanol–water partition coefficient (Wildman–Crippen LogP) is 3.53. The number of furan rings is 1. The summed E-state index contributed by atoms with van der Waals surface area (Å²) < 4.78 is 46.3. The van der Waals surface area contributed by atoms with E-state index < -0.39 is 18.4 Å². The highest BCUT2D eigenvalue weighted by atomic mass is 19.4. The minimum atomic E-state index is -4.35. The fourth-order valence-electron chi connectivity index (χ4n) is 2.13. The zero-order chi connectivity index (χ0) is 17.8. The molecule has 1 unspecified atom stereocenters. The van der Waals surface area contributed by atoms with Gasteiger partial charge in [-0.1, -0.05) is 12.1 Å². The van der Waals surface area contributed by atoms with E-state index in [1.807, 2.05) is 0 Å². The van der Waals surface area contributed by atoms with Gasteiger partial charge in [0.15, 0.2) is 6.61 Å². The van der Waals surface area contributed by atoms with Crippen LogP contribution in [0.1, 0.15) is 24.0 Å². The summed E-state index contributed by atoms with van der Waals surface area (Å²) >= 11 is 0. The van der Waals surface area contributed by atoms with Crippen LogP contribution in [0.25, 0.3) is 0 Å². The summed E-state index contributed by atoms with van der Waals surface area (Å²) in [6, 6.07) is 9.82. The second kappa shape index (κ2) is 7.27. The highest BCUT2D eigenvalue weighted by Crippen LogP contribution is 2.22. The van der Waals surface area contributed by atoms with Gasteiger partial charge >= 0.3 is 6.18 Å². The van der Waals surface area contributed by atoms with Gasteiger partial charge in [0.25, 0.3) is 0 Å². The summed E-state index contributed by atoms with van der Waals surface area (Å²) in [4.78, 5) is 0. The van der Waals surface area contributed by atoms with Gasteiger partial charge < -0.3 is 19.6 Å². The van der Waals surface area contributed by atoms with Gasteiger partial charge in [0.1, 0.15) is 22.9 Å². The van der Waals surface area contributed by atoms with Crippen molar-refractivity contribution in [3.8, 4) is 5.75 Å². The van der Waals surface area contributed by atoms with Gasteiger partial charge in [-0.05, 0) is 43.7 Å². The van der Waals surface area contributed by atoms with E-state index in [2.05, 4.69) is 10.1 Å². The van der Waals surface area contributed by atoms with Gasteiger partial charge in [-0.2, -0.15) is 13.2 Å². The molecule has 0 spiro atoms. The van der Waals surface area contributed by atoms with E-state index in [0.29, 0.717) is 12.3 Å². The normalized spacial score (nSPS) is 14.4. The number of benzene rings is 1. The third-order valence-corrected chi connectivity index (χ3v) is 3.40. The van der Waals surface area contributed by atoms with Crippen molar-refractivity contribution in [2.24, 2.45) is 0 Å². The molecular weight excluding hydrogens is 323 g/mol. The van der Waals surface area contributed by atoms with Crippen molar-refractivity contribution in [2.75, 3.05) is 13.2 Å². The van der Waals surface area contributed by atoms with E-state index >= 15 is 0 Å². The third-order valence-electron chi connectivity index (χ3n) is 3.40. The monoisotopic (exact) mass is 343 g/mol. The molecule has 0 bridgehead atoms. The molecule has 4 nitrogen and oxygen atoms in total. The fourth-order valence-corrected chi connectivity index (χ4v) is 2.13. The molecule has 0 amide bonds. The Morgan fingerprint density at radius 2 is 1.79 bits per heavy atom. The van der Waals surface area contributed by atoms with Crippen molar-refractivity contribution >= 4 is 0 Å². The first-order valence-electron chi connectivity index (χ1n) is 7.44. The number of hydrogen-bond donors (Lipinski definition) is 2. The minimum Gasteiger partial charge on any atom is -0.484 e. The topological polar surface area (TPSA) is 54.6 Å². The molecule has 7 heteroatoms. The maximum atomic E-state index is 12.1. The summed E-state index contributed by atoms with van der Waals surface area (Å²) in [6.45, 7) is 2.86. The van der Waals surface area contributed by atoms with Crippen LogP contribution in [0.3, 0.4) is 0 Å². The maximum Gasteiger partial charge on any atom is 0.422 e. The Balaban J connectivity index is 1.82. The molecule has 132 valence electrons. The van der Waals surface area contributed by atoms with Crippen LogP contribution in [-0.2, 0) is 12.1 Å². The molecule has 1 aromatic heterocycles. The Bertz CT molecular complexity index is 648. The second-order valence-corrected chi connectivity index (χ2v) is 5.84. The molecule has 0 radical (unpaired) electrons. The first-order chi connectivity index (χ1) is 11.2. The lowest BCUT2D eigenvalue weighted by atomic mass is 10.0. The van der Waals surface area contributed by atoms with E-state index in [1.165, 1.54) is 12.1 Å². The molecule has 2 rings (SSSR count). The van der Waals surface area contributed by atoms with Crippen LogP contribution in [0.5, 0.6) is 5.75 Å². The molecule has 1 heterocycles. The fraction of sp³-hybridized carbons (Fsp3) is 0.412. The lowest BCUT2D eigenvalue weighted by Crippen LogP contribution is -2.34. The number of halogens is 3. The summed E-state index contributed by atoms with van der Waals surface area (Å²) in [6.07, 6.45) is -4.35. The zero-order valence-electron chi connectivity index (χ0n) is 13.5. The van der Waals surface area contributed by atoms with E-state index in [9.17, 15) is 18.3 Å². The molecule has 1 aromatic carbocycles. The van der Waals surface area contributed by atoms with Crippen molar-refractivity contribution < 1.29 is 27.4 Å². The van der Waals surface area contributed by atoms with Crippen LogP contribution in [-0.4, -0.2) is 24.4 Å². The second-order valence-electron chi connectivity index (χ2n) is 5.84. The van der Waals surface area contributed by atoms with Gasteiger partial charge in [0.05, 0.1) is 0 Å². The number of ether oxygens (including phenoxy) is 1. The smallest absolute Gasteiger partial charge is 0.422 e. The van der Waals surface area contributed by atoms with Crippen molar-refractivity contribution in [1.82, 2.24) is 5.32 Å². The number of rotatable bonds is 7. The largest absolute Gasteiger partial charge is 0.484 e. The quantitative estimate of drug-likeness (QED) is 0.808. The summed E-state index contributed by atoms with van der Waals surface area (Å²) in [5.74, 6) is 1.36. The van der Waals surface area contributed by atoms with Crippen molar-refractivity contribution in [2.45, 2.75) is 32.2 Å². The number of hydrogen-bond acceptors (Lipinski definition) is 4. The average molecular weight is 343 g/mol. The van der Waals surface area contributed by atoms with Crippen molar-refractivity contribution in [3.05, 3.63) is 53.5 Å². The first kappa shape index (κ1) is 18.4. The van der Waals surface area contributed by atoms with E-state index in [0.717, 1.165) is 11.3 Å². The van der Waals surface area contributed by atoms with Gasteiger partial charge in [0, 0.05) is 13.1 Å². The lowest BCUT2D eigenvalue weighted by Gasteiger charge is -2.21. The minimum absolute atomic E-state index is 0.161. The summed E-state index contributed by atoms with van der Waals surface area (Å²) in [5.41, 5.74) is -0.287.